The monoisotopic (exact) mass is 272 g/mol. The summed E-state index contributed by atoms with van der Waals surface area (Å²) in [5.41, 5.74) is 1.44. The molecule has 0 fully saturated rings. The molecule has 0 unspecified atom stereocenters. The van der Waals surface area contributed by atoms with Gasteiger partial charge in [-0.05, 0) is 31.2 Å². The van der Waals surface area contributed by atoms with Gasteiger partial charge in [-0.25, -0.2) is 0 Å². The number of aryl methyl sites for hydroxylation is 1. The highest BCUT2D eigenvalue weighted by Gasteiger charge is 2.08. The second kappa shape index (κ2) is 6.56. The minimum absolute atomic E-state index is 0.0886. The largest absolute Gasteiger partial charge is 0.493 e. The summed E-state index contributed by atoms with van der Waals surface area (Å²) < 4.78 is 10.6. The minimum Gasteiger partial charge on any atom is -0.493 e. The smallest absolute Gasteiger partial charge is 0.262 e. The van der Waals surface area contributed by atoms with Crippen LogP contribution in [0.5, 0.6) is 11.5 Å². The summed E-state index contributed by atoms with van der Waals surface area (Å²) in [5.74, 6) is 0.887. The number of hydrogen-bond acceptors (Lipinski definition) is 4. The Bertz CT molecular complexity index is 599. The van der Waals surface area contributed by atoms with Crippen LogP contribution in [0.1, 0.15) is 5.69 Å². The fourth-order valence-corrected chi connectivity index (χ4v) is 1.68. The molecular formula is C15H16N2O3. The molecule has 1 aromatic heterocycles. The molecule has 5 nitrogen and oxygen atoms in total. The van der Waals surface area contributed by atoms with Gasteiger partial charge in [0.2, 0.25) is 0 Å². The molecule has 2 rings (SSSR count). The molecule has 0 bridgehead atoms. The zero-order valence-corrected chi connectivity index (χ0v) is 11.4. The van der Waals surface area contributed by atoms with Crippen molar-refractivity contribution in [3.05, 3.63) is 48.3 Å². The maximum Gasteiger partial charge on any atom is 0.262 e. The highest BCUT2D eigenvalue weighted by Crippen LogP contribution is 2.25. The van der Waals surface area contributed by atoms with Crippen molar-refractivity contribution in [3.63, 3.8) is 0 Å². The van der Waals surface area contributed by atoms with E-state index < -0.39 is 0 Å². The van der Waals surface area contributed by atoms with Gasteiger partial charge in [-0.15, -0.1) is 0 Å². The molecule has 0 aliphatic carbocycles. The van der Waals surface area contributed by atoms with Crippen molar-refractivity contribution in [2.24, 2.45) is 0 Å². The topological polar surface area (TPSA) is 60.5 Å². The first-order valence-corrected chi connectivity index (χ1v) is 6.18. The van der Waals surface area contributed by atoms with Crippen LogP contribution in [0.15, 0.2) is 42.6 Å². The first kappa shape index (κ1) is 13.9. The predicted octanol–water partition coefficient (Wildman–Crippen LogP) is 2.42. The lowest BCUT2D eigenvalue weighted by Crippen LogP contribution is -2.21. The number of anilines is 1. The third kappa shape index (κ3) is 3.47. The van der Waals surface area contributed by atoms with Gasteiger partial charge in [0.15, 0.2) is 18.1 Å². The number of amides is 1. The Morgan fingerprint density at radius 3 is 2.65 bits per heavy atom. The Morgan fingerprint density at radius 2 is 1.95 bits per heavy atom. The summed E-state index contributed by atoms with van der Waals surface area (Å²) in [4.78, 5) is 15.9. The molecule has 0 aliphatic heterocycles. The van der Waals surface area contributed by atoms with Crippen molar-refractivity contribution in [1.82, 2.24) is 4.98 Å². The number of methoxy groups -OCH3 is 1. The standard InChI is InChI=1S/C15H16N2O3/c1-11-12(6-5-9-16-11)17-15(18)10-20-14-8-4-3-7-13(14)19-2/h3-9H,10H2,1-2H3,(H,17,18). The Balaban J connectivity index is 1.94. The van der Waals surface area contributed by atoms with Crippen LogP contribution in [0, 0.1) is 6.92 Å². The lowest BCUT2D eigenvalue weighted by molar-refractivity contribution is -0.118. The van der Waals surface area contributed by atoms with E-state index in [0.29, 0.717) is 17.2 Å². The summed E-state index contributed by atoms with van der Waals surface area (Å²) in [6, 6.07) is 10.7. The molecule has 104 valence electrons. The van der Waals surface area contributed by atoms with Crippen molar-refractivity contribution < 1.29 is 14.3 Å². The lowest BCUT2D eigenvalue weighted by atomic mass is 10.3. The third-order valence-corrected chi connectivity index (χ3v) is 2.71. The van der Waals surface area contributed by atoms with Gasteiger partial charge in [-0.2, -0.15) is 0 Å². The average Bonchev–Trinajstić information content (AvgIpc) is 2.48. The molecule has 5 heteroatoms. The number of aromatic nitrogens is 1. The van der Waals surface area contributed by atoms with Crippen molar-refractivity contribution in [1.29, 1.82) is 0 Å². The maximum atomic E-state index is 11.8. The highest BCUT2D eigenvalue weighted by molar-refractivity contribution is 5.92. The Morgan fingerprint density at radius 1 is 1.20 bits per heavy atom. The third-order valence-electron chi connectivity index (χ3n) is 2.71. The summed E-state index contributed by atoms with van der Waals surface area (Å²) in [5, 5.41) is 2.75. The number of pyridine rings is 1. The van der Waals surface area contributed by atoms with E-state index in [9.17, 15) is 4.79 Å². The van der Waals surface area contributed by atoms with E-state index in [0.717, 1.165) is 5.69 Å². The van der Waals surface area contributed by atoms with Crippen LogP contribution < -0.4 is 14.8 Å². The van der Waals surface area contributed by atoms with E-state index in [1.54, 1.807) is 37.6 Å². The molecule has 1 amide bonds. The van der Waals surface area contributed by atoms with Crippen molar-refractivity contribution >= 4 is 11.6 Å². The normalized spacial score (nSPS) is 9.90. The first-order chi connectivity index (χ1) is 9.70. The molecule has 1 N–H and O–H groups in total. The van der Waals surface area contributed by atoms with E-state index >= 15 is 0 Å². The van der Waals surface area contributed by atoms with Crippen LogP contribution in [-0.4, -0.2) is 24.6 Å². The van der Waals surface area contributed by atoms with Crippen molar-refractivity contribution in [2.45, 2.75) is 6.92 Å². The van der Waals surface area contributed by atoms with E-state index in [1.165, 1.54) is 0 Å². The molecule has 0 atom stereocenters. The van der Waals surface area contributed by atoms with Gasteiger partial charge in [-0.1, -0.05) is 12.1 Å². The minimum atomic E-state index is -0.244. The molecule has 0 radical (unpaired) electrons. The molecule has 20 heavy (non-hydrogen) atoms. The van der Waals surface area contributed by atoms with E-state index in [2.05, 4.69) is 10.3 Å². The van der Waals surface area contributed by atoms with E-state index in [1.807, 2.05) is 19.1 Å². The predicted molar refractivity (Wildman–Crippen MR) is 76.1 cm³/mol. The second-order valence-corrected chi connectivity index (χ2v) is 4.12. The van der Waals surface area contributed by atoms with Crippen molar-refractivity contribution in [2.75, 3.05) is 19.0 Å². The molecule has 2 aromatic rings. The van der Waals surface area contributed by atoms with Gasteiger partial charge in [0.25, 0.3) is 5.91 Å². The number of carbonyl (C=O) groups is 1. The number of ether oxygens (including phenoxy) is 2. The van der Waals surface area contributed by atoms with Crippen LogP contribution in [0.4, 0.5) is 5.69 Å². The van der Waals surface area contributed by atoms with Crippen LogP contribution in [-0.2, 0) is 4.79 Å². The van der Waals surface area contributed by atoms with E-state index in [4.69, 9.17) is 9.47 Å². The molecular weight excluding hydrogens is 256 g/mol. The van der Waals surface area contributed by atoms with Crippen LogP contribution in [0.25, 0.3) is 0 Å². The Labute approximate surface area is 117 Å². The number of nitrogens with zero attached hydrogens (tertiary/aromatic N) is 1. The van der Waals surface area contributed by atoms with Gasteiger partial charge in [-0.3, -0.25) is 9.78 Å². The quantitative estimate of drug-likeness (QED) is 0.908. The van der Waals surface area contributed by atoms with Gasteiger partial charge in [0, 0.05) is 6.20 Å². The molecule has 0 saturated heterocycles. The van der Waals surface area contributed by atoms with Gasteiger partial charge >= 0.3 is 0 Å². The highest BCUT2D eigenvalue weighted by atomic mass is 16.5. The van der Waals surface area contributed by atoms with Crippen LogP contribution in [0.2, 0.25) is 0 Å². The van der Waals surface area contributed by atoms with Crippen LogP contribution >= 0.6 is 0 Å². The lowest BCUT2D eigenvalue weighted by Gasteiger charge is -2.11. The summed E-state index contributed by atoms with van der Waals surface area (Å²) in [7, 11) is 1.56. The van der Waals surface area contributed by atoms with Gasteiger partial charge in [0.05, 0.1) is 18.5 Å². The summed E-state index contributed by atoms with van der Waals surface area (Å²) in [6.07, 6.45) is 1.68. The average molecular weight is 272 g/mol. The molecule has 0 spiro atoms. The number of rotatable bonds is 5. The SMILES string of the molecule is COc1ccccc1OCC(=O)Nc1cccnc1C. The molecule has 0 saturated carbocycles. The maximum absolute atomic E-state index is 11.8. The Hall–Kier alpha value is -2.56. The van der Waals surface area contributed by atoms with Gasteiger partial charge < -0.3 is 14.8 Å². The summed E-state index contributed by atoms with van der Waals surface area (Å²) >= 11 is 0. The van der Waals surface area contributed by atoms with Gasteiger partial charge in [0.1, 0.15) is 0 Å². The molecule has 1 heterocycles. The molecule has 0 aliphatic rings. The number of benzene rings is 1. The molecule has 1 aromatic carbocycles. The number of hydrogen-bond donors (Lipinski definition) is 1. The zero-order valence-electron chi connectivity index (χ0n) is 11.4. The second-order valence-electron chi connectivity index (χ2n) is 4.12. The number of carbonyl (C=O) groups excluding carboxylic acids is 1. The van der Waals surface area contributed by atoms with E-state index in [-0.39, 0.29) is 12.5 Å². The fourth-order valence-electron chi connectivity index (χ4n) is 1.68. The zero-order chi connectivity index (χ0) is 14.4. The number of para-hydroxylation sites is 2. The Kier molecular flexibility index (Phi) is 4.55. The summed E-state index contributed by atoms with van der Waals surface area (Å²) in [6.45, 7) is 1.74. The fraction of sp³-hybridized carbons (Fsp3) is 0.200. The first-order valence-electron chi connectivity index (χ1n) is 6.18. The van der Waals surface area contributed by atoms with Crippen LogP contribution in [0.3, 0.4) is 0 Å². The van der Waals surface area contributed by atoms with Crippen molar-refractivity contribution in [3.8, 4) is 11.5 Å². The number of nitrogens with one attached hydrogen (secondary N) is 1.